The Labute approximate surface area is 101 Å². The highest BCUT2D eigenvalue weighted by Gasteiger charge is 2.15. The van der Waals surface area contributed by atoms with Gasteiger partial charge in [0.25, 0.3) is 11.8 Å². The molecular formula is C10H12BrN3O2. The number of hydrogen-bond donors (Lipinski definition) is 3. The smallest absolute Gasteiger partial charge is 0.256 e. The molecule has 5 nitrogen and oxygen atoms in total. The molecule has 0 aliphatic carbocycles. The van der Waals surface area contributed by atoms with Crippen LogP contribution in [0.4, 0.5) is 0 Å². The molecular weight excluding hydrogens is 274 g/mol. The van der Waals surface area contributed by atoms with Crippen molar-refractivity contribution in [3.8, 4) is 0 Å². The average Bonchev–Trinajstić information content (AvgIpc) is 2.28. The summed E-state index contributed by atoms with van der Waals surface area (Å²) in [6.45, 7) is 1.55. The van der Waals surface area contributed by atoms with E-state index in [0.29, 0.717) is 5.56 Å². The van der Waals surface area contributed by atoms with Crippen molar-refractivity contribution in [2.24, 2.45) is 5.84 Å². The molecule has 0 aromatic heterocycles. The summed E-state index contributed by atoms with van der Waals surface area (Å²) in [5.41, 5.74) is 2.46. The molecule has 4 N–H and O–H groups in total. The zero-order valence-corrected chi connectivity index (χ0v) is 10.2. The van der Waals surface area contributed by atoms with E-state index in [1.807, 2.05) is 5.43 Å². The Balaban J connectivity index is 2.65. The Bertz CT molecular complexity index is 392. The summed E-state index contributed by atoms with van der Waals surface area (Å²) in [6, 6.07) is 6.16. The SMILES string of the molecule is CC(NC(=O)c1ccc(Br)cc1)C(=O)NN. The van der Waals surface area contributed by atoms with Crippen LogP contribution in [0.15, 0.2) is 28.7 Å². The number of nitrogens with two attached hydrogens (primary N) is 1. The van der Waals surface area contributed by atoms with Gasteiger partial charge >= 0.3 is 0 Å². The van der Waals surface area contributed by atoms with Crippen LogP contribution in [0.3, 0.4) is 0 Å². The van der Waals surface area contributed by atoms with Gasteiger partial charge in [-0.2, -0.15) is 0 Å². The van der Waals surface area contributed by atoms with Crippen molar-refractivity contribution in [3.05, 3.63) is 34.3 Å². The van der Waals surface area contributed by atoms with E-state index >= 15 is 0 Å². The zero-order valence-electron chi connectivity index (χ0n) is 8.66. The molecule has 1 aromatic carbocycles. The fourth-order valence-electron chi connectivity index (χ4n) is 1.07. The Kier molecular flexibility index (Phi) is 4.45. The second kappa shape index (κ2) is 5.62. The van der Waals surface area contributed by atoms with E-state index < -0.39 is 11.9 Å². The first-order chi connectivity index (χ1) is 7.54. The molecule has 2 amide bonds. The lowest BCUT2D eigenvalue weighted by atomic mass is 10.2. The third-order valence-corrected chi connectivity index (χ3v) is 2.52. The predicted octanol–water partition coefficient (Wildman–Crippen LogP) is 0.557. The van der Waals surface area contributed by atoms with Gasteiger partial charge in [0.2, 0.25) is 0 Å². The van der Waals surface area contributed by atoms with Crippen LogP contribution in [0.1, 0.15) is 17.3 Å². The number of carbonyl (C=O) groups excluding carboxylic acids is 2. The number of carbonyl (C=O) groups is 2. The number of nitrogens with one attached hydrogen (secondary N) is 2. The minimum absolute atomic E-state index is 0.316. The number of hydrogen-bond acceptors (Lipinski definition) is 3. The topological polar surface area (TPSA) is 84.2 Å². The van der Waals surface area contributed by atoms with Crippen LogP contribution in [-0.4, -0.2) is 17.9 Å². The molecule has 0 saturated heterocycles. The lowest BCUT2D eigenvalue weighted by molar-refractivity contribution is -0.122. The minimum atomic E-state index is -0.666. The monoisotopic (exact) mass is 285 g/mol. The van der Waals surface area contributed by atoms with Gasteiger partial charge in [0.05, 0.1) is 0 Å². The van der Waals surface area contributed by atoms with Crippen molar-refractivity contribution in [2.45, 2.75) is 13.0 Å². The standard InChI is InChI=1S/C10H12BrN3O2/c1-6(9(15)14-12)13-10(16)7-2-4-8(11)5-3-7/h2-6H,12H2,1H3,(H,13,16)(H,14,15). The van der Waals surface area contributed by atoms with Crippen LogP contribution in [0.5, 0.6) is 0 Å². The van der Waals surface area contributed by atoms with Crippen molar-refractivity contribution >= 4 is 27.7 Å². The molecule has 0 fully saturated rings. The maximum atomic E-state index is 11.6. The second-order valence-electron chi connectivity index (χ2n) is 3.21. The maximum absolute atomic E-state index is 11.6. The molecule has 0 aliphatic heterocycles. The lowest BCUT2D eigenvalue weighted by Gasteiger charge is -2.11. The fraction of sp³-hybridized carbons (Fsp3) is 0.200. The first-order valence-corrected chi connectivity index (χ1v) is 5.40. The maximum Gasteiger partial charge on any atom is 0.256 e. The number of halogens is 1. The minimum Gasteiger partial charge on any atom is -0.340 e. The van der Waals surface area contributed by atoms with Crippen molar-refractivity contribution in [3.63, 3.8) is 0 Å². The molecule has 0 aliphatic rings. The predicted molar refractivity (Wildman–Crippen MR) is 63.4 cm³/mol. The van der Waals surface area contributed by atoms with Crippen molar-refractivity contribution < 1.29 is 9.59 Å². The van der Waals surface area contributed by atoms with Crippen LogP contribution in [0.2, 0.25) is 0 Å². The van der Waals surface area contributed by atoms with E-state index in [9.17, 15) is 9.59 Å². The zero-order chi connectivity index (χ0) is 12.1. The fourth-order valence-corrected chi connectivity index (χ4v) is 1.34. The molecule has 6 heteroatoms. The van der Waals surface area contributed by atoms with Crippen LogP contribution in [0, 0.1) is 0 Å². The first kappa shape index (κ1) is 12.7. The van der Waals surface area contributed by atoms with Gasteiger partial charge in [-0.1, -0.05) is 15.9 Å². The molecule has 1 unspecified atom stereocenters. The van der Waals surface area contributed by atoms with Gasteiger partial charge in [-0.25, -0.2) is 5.84 Å². The molecule has 1 rings (SSSR count). The van der Waals surface area contributed by atoms with E-state index in [1.54, 1.807) is 31.2 Å². The third kappa shape index (κ3) is 3.32. The normalized spacial score (nSPS) is 11.7. The summed E-state index contributed by atoms with van der Waals surface area (Å²) in [7, 11) is 0. The highest BCUT2D eigenvalue weighted by molar-refractivity contribution is 9.10. The molecule has 86 valence electrons. The molecule has 16 heavy (non-hydrogen) atoms. The number of hydrazine groups is 1. The first-order valence-electron chi connectivity index (χ1n) is 4.61. The van der Waals surface area contributed by atoms with Gasteiger partial charge in [-0.3, -0.25) is 15.0 Å². The quantitative estimate of drug-likeness (QED) is 0.431. The highest BCUT2D eigenvalue weighted by Crippen LogP contribution is 2.10. The molecule has 0 spiro atoms. The number of benzene rings is 1. The Morgan fingerprint density at radius 3 is 2.38 bits per heavy atom. The van der Waals surface area contributed by atoms with Crippen molar-refractivity contribution in [1.29, 1.82) is 0 Å². The van der Waals surface area contributed by atoms with Crippen LogP contribution in [0.25, 0.3) is 0 Å². The Morgan fingerprint density at radius 2 is 1.88 bits per heavy atom. The molecule has 1 atom stereocenters. The number of rotatable bonds is 3. The summed E-state index contributed by atoms with van der Waals surface area (Å²) in [6.07, 6.45) is 0. The van der Waals surface area contributed by atoms with Gasteiger partial charge in [-0.15, -0.1) is 0 Å². The summed E-state index contributed by atoms with van der Waals surface area (Å²) in [4.78, 5) is 22.7. The van der Waals surface area contributed by atoms with Gasteiger partial charge in [0, 0.05) is 10.0 Å². The van der Waals surface area contributed by atoms with Gasteiger partial charge < -0.3 is 5.32 Å². The van der Waals surface area contributed by atoms with Crippen LogP contribution >= 0.6 is 15.9 Å². The molecule has 0 heterocycles. The average molecular weight is 286 g/mol. The Morgan fingerprint density at radius 1 is 1.31 bits per heavy atom. The van der Waals surface area contributed by atoms with Crippen LogP contribution < -0.4 is 16.6 Å². The third-order valence-electron chi connectivity index (χ3n) is 1.99. The van der Waals surface area contributed by atoms with E-state index in [-0.39, 0.29) is 5.91 Å². The second-order valence-corrected chi connectivity index (χ2v) is 4.13. The van der Waals surface area contributed by atoms with Gasteiger partial charge in [-0.05, 0) is 31.2 Å². The summed E-state index contributed by atoms with van der Waals surface area (Å²) < 4.78 is 0.886. The van der Waals surface area contributed by atoms with Crippen LogP contribution in [-0.2, 0) is 4.79 Å². The highest BCUT2D eigenvalue weighted by atomic mass is 79.9. The lowest BCUT2D eigenvalue weighted by Crippen LogP contribution is -2.47. The van der Waals surface area contributed by atoms with Crippen molar-refractivity contribution in [2.75, 3.05) is 0 Å². The van der Waals surface area contributed by atoms with E-state index in [4.69, 9.17) is 5.84 Å². The van der Waals surface area contributed by atoms with Gasteiger partial charge in [0.1, 0.15) is 6.04 Å². The summed E-state index contributed by atoms with van der Waals surface area (Å²) >= 11 is 3.27. The van der Waals surface area contributed by atoms with E-state index in [1.165, 1.54) is 0 Å². The Hall–Kier alpha value is -1.40. The van der Waals surface area contributed by atoms with Crippen molar-refractivity contribution in [1.82, 2.24) is 10.7 Å². The molecule has 1 aromatic rings. The molecule has 0 radical (unpaired) electrons. The number of amides is 2. The molecule has 0 saturated carbocycles. The summed E-state index contributed by atoms with van der Waals surface area (Å²) in [5, 5.41) is 2.52. The largest absolute Gasteiger partial charge is 0.340 e. The van der Waals surface area contributed by atoms with E-state index in [2.05, 4.69) is 21.2 Å². The van der Waals surface area contributed by atoms with E-state index in [0.717, 1.165) is 4.47 Å². The summed E-state index contributed by atoms with van der Waals surface area (Å²) in [5.74, 6) is 4.19. The van der Waals surface area contributed by atoms with Gasteiger partial charge in [0.15, 0.2) is 0 Å². The molecule has 0 bridgehead atoms.